The van der Waals surface area contributed by atoms with Crippen molar-refractivity contribution in [2.24, 2.45) is 23.2 Å². The highest BCUT2D eigenvalue weighted by molar-refractivity contribution is 5.93. The van der Waals surface area contributed by atoms with Crippen LogP contribution in [-0.4, -0.2) is 17.0 Å². The van der Waals surface area contributed by atoms with E-state index in [0.717, 1.165) is 32.1 Å². The highest BCUT2D eigenvalue weighted by Gasteiger charge is 2.50. The van der Waals surface area contributed by atoms with Gasteiger partial charge in [0, 0.05) is 5.92 Å². The van der Waals surface area contributed by atoms with E-state index in [1.807, 2.05) is 6.08 Å². The second-order valence-electron chi connectivity index (χ2n) is 7.16. The molecule has 0 aliphatic heterocycles. The van der Waals surface area contributed by atoms with Crippen molar-refractivity contribution in [2.45, 2.75) is 64.4 Å². The smallest absolute Gasteiger partial charge is 0.158 e. The Balaban J connectivity index is 1.60. The molecule has 4 atom stereocenters. The maximum absolute atomic E-state index is 11.7. The van der Waals surface area contributed by atoms with E-state index in [9.17, 15) is 9.90 Å². The van der Waals surface area contributed by atoms with E-state index in [4.69, 9.17) is 0 Å². The van der Waals surface area contributed by atoms with E-state index in [2.05, 4.69) is 13.0 Å². The Morgan fingerprint density at radius 3 is 2.79 bits per heavy atom. The SMILES string of the molecule is CC12CCCC(O)[C@@H]1CC[C@@H]2C/C=C/C(=O)C1CC1. The van der Waals surface area contributed by atoms with Gasteiger partial charge in [0.2, 0.25) is 0 Å². The minimum atomic E-state index is -0.0826. The summed E-state index contributed by atoms with van der Waals surface area (Å²) in [4.78, 5) is 11.7. The first kappa shape index (κ1) is 13.4. The Hall–Kier alpha value is -0.630. The summed E-state index contributed by atoms with van der Waals surface area (Å²) in [7, 11) is 0. The molecule has 2 nitrogen and oxygen atoms in total. The van der Waals surface area contributed by atoms with Gasteiger partial charge < -0.3 is 5.11 Å². The van der Waals surface area contributed by atoms with E-state index in [0.29, 0.717) is 29.0 Å². The number of ketones is 1. The number of carbonyl (C=O) groups excluding carboxylic acids is 1. The molecule has 106 valence electrons. The summed E-state index contributed by atoms with van der Waals surface area (Å²) in [6, 6.07) is 0. The lowest BCUT2D eigenvalue weighted by Crippen LogP contribution is -2.39. The number of allylic oxidation sites excluding steroid dienone is 2. The first-order chi connectivity index (χ1) is 9.11. The third kappa shape index (κ3) is 2.52. The van der Waals surface area contributed by atoms with Crippen molar-refractivity contribution in [2.75, 3.05) is 0 Å². The molecule has 0 aromatic heterocycles. The van der Waals surface area contributed by atoms with Crippen LogP contribution in [0.5, 0.6) is 0 Å². The number of aliphatic hydroxyl groups excluding tert-OH is 1. The van der Waals surface area contributed by atoms with Gasteiger partial charge >= 0.3 is 0 Å². The number of carbonyl (C=O) groups is 1. The largest absolute Gasteiger partial charge is 0.393 e. The minimum Gasteiger partial charge on any atom is -0.393 e. The molecule has 19 heavy (non-hydrogen) atoms. The van der Waals surface area contributed by atoms with E-state index in [1.54, 1.807) is 0 Å². The van der Waals surface area contributed by atoms with Crippen molar-refractivity contribution in [1.29, 1.82) is 0 Å². The highest BCUT2D eigenvalue weighted by atomic mass is 16.3. The molecule has 3 saturated carbocycles. The van der Waals surface area contributed by atoms with E-state index in [-0.39, 0.29) is 6.10 Å². The summed E-state index contributed by atoms with van der Waals surface area (Å²) in [6.45, 7) is 2.37. The molecule has 3 aliphatic rings. The zero-order chi connectivity index (χ0) is 13.5. The lowest BCUT2D eigenvalue weighted by Gasteiger charge is -2.43. The van der Waals surface area contributed by atoms with Crippen molar-refractivity contribution in [1.82, 2.24) is 0 Å². The van der Waals surface area contributed by atoms with Crippen LogP contribution in [0.1, 0.15) is 58.3 Å². The summed E-state index contributed by atoms with van der Waals surface area (Å²) >= 11 is 0. The first-order valence-corrected chi connectivity index (χ1v) is 7.99. The summed E-state index contributed by atoms with van der Waals surface area (Å²) in [5, 5.41) is 10.2. The third-order valence-electron chi connectivity index (χ3n) is 5.97. The maximum Gasteiger partial charge on any atom is 0.158 e. The van der Waals surface area contributed by atoms with E-state index < -0.39 is 0 Å². The standard InChI is InChI=1S/C17H26O2/c1-17-11-3-6-16(19)14(17)10-9-13(17)4-2-5-15(18)12-7-8-12/h2,5,12-14,16,19H,3-4,6-11H2,1H3/b5-2+/t13-,14-,16?,17?/m0/s1. The second kappa shape index (κ2) is 5.05. The van der Waals surface area contributed by atoms with Crippen LogP contribution in [0.2, 0.25) is 0 Å². The molecule has 0 saturated heterocycles. The molecule has 0 heterocycles. The normalized spacial score (nSPS) is 42.5. The number of rotatable bonds is 4. The van der Waals surface area contributed by atoms with Gasteiger partial charge in [-0.2, -0.15) is 0 Å². The Kier molecular flexibility index (Phi) is 3.55. The Morgan fingerprint density at radius 1 is 1.26 bits per heavy atom. The molecule has 3 aliphatic carbocycles. The van der Waals surface area contributed by atoms with E-state index in [1.165, 1.54) is 19.3 Å². The summed E-state index contributed by atoms with van der Waals surface area (Å²) in [6.07, 6.45) is 12.9. The van der Waals surface area contributed by atoms with Crippen molar-refractivity contribution >= 4 is 5.78 Å². The lowest BCUT2D eigenvalue weighted by atomic mass is 9.64. The Labute approximate surface area is 116 Å². The van der Waals surface area contributed by atoms with Crippen molar-refractivity contribution in [3.8, 4) is 0 Å². The van der Waals surface area contributed by atoms with Crippen molar-refractivity contribution < 1.29 is 9.90 Å². The Morgan fingerprint density at radius 2 is 2.05 bits per heavy atom. The second-order valence-corrected chi connectivity index (χ2v) is 7.16. The van der Waals surface area contributed by atoms with Gasteiger partial charge in [0.15, 0.2) is 5.78 Å². The molecule has 3 rings (SSSR count). The predicted molar refractivity (Wildman–Crippen MR) is 75.7 cm³/mol. The van der Waals surface area contributed by atoms with E-state index >= 15 is 0 Å². The van der Waals surface area contributed by atoms with Crippen LogP contribution in [-0.2, 0) is 4.79 Å². The summed E-state index contributed by atoms with van der Waals surface area (Å²) < 4.78 is 0. The molecule has 0 bridgehead atoms. The van der Waals surface area contributed by atoms with Gasteiger partial charge in [0.25, 0.3) is 0 Å². The van der Waals surface area contributed by atoms with Crippen LogP contribution in [0.15, 0.2) is 12.2 Å². The highest BCUT2D eigenvalue weighted by Crippen LogP contribution is 2.56. The zero-order valence-corrected chi connectivity index (χ0v) is 12.0. The monoisotopic (exact) mass is 262 g/mol. The fraction of sp³-hybridized carbons (Fsp3) is 0.824. The minimum absolute atomic E-state index is 0.0826. The number of hydrogen-bond acceptors (Lipinski definition) is 2. The number of fused-ring (bicyclic) bond motifs is 1. The molecular formula is C17H26O2. The average Bonchev–Trinajstić information content (AvgIpc) is 3.15. The summed E-state index contributed by atoms with van der Waals surface area (Å²) in [5.41, 5.74) is 0.310. The fourth-order valence-corrected chi connectivity index (χ4v) is 4.50. The molecule has 0 spiro atoms. The van der Waals surface area contributed by atoms with Gasteiger partial charge in [-0.1, -0.05) is 19.4 Å². The molecule has 0 aromatic rings. The molecule has 2 unspecified atom stereocenters. The van der Waals surface area contributed by atoms with Gasteiger partial charge in [-0.15, -0.1) is 0 Å². The van der Waals surface area contributed by atoms with Crippen LogP contribution in [0, 0.1) is 23.2 Å². The molecule has 2 heteroatoms. The molecule has 0 radical (unpaired) electrons. The number of aliphatic hydroxyl groups is 1. The lowest BCUT2D eigenvalue weighted by molar-refractivity contribution is -0.115. The van der Waals surface area contributed by atoms with Crippen LogP contribution in [0.25, 0.3) is 0 Å². The van der Waals surface area contributed by atoms with Gasteiger partial charge in [-0.25, -0.2) is 0 Å². The average molecular weight is 262 g/mol. The van der Waals surface area contributed by atoms with Crippen LogP contribution >= 0.6 is 0 Å². The maximum atomic E-state index is 11.7. The zero-order valence-electron chi connectivity index (χ0n) is 12.0. The van der Waals surface area contributed by atoms with Crippen LogP contribution < -0.4 is 0 Å². The van der Waals surface area contributed by atoms with Crippen LogP contribution in [0.4, 0.5) is 0 Å². The predicted octanol–water partition coefficient (Wildman–Crippen LogP) is 3.49. The van der Waals surface area contributed by atoms with Crippen molar-refractivity contribution in [3.63, 3.8) is 0 Å². The first-order valence-electron chi connectivity index (χ1n) is 7.99. The third-order valence-corrected chi connectivity index (χ3v) is 5.97. The van der Waals surface area contributed by atoms with Gasteiger partial charge in [0.05, 0.1) is 6.10 Å². The fourth-order valence-electron chi connectivity index (χ4n) is 4.50. The number of hydrogen-bond donors (Lipinski definition) is 1. The van der Waals surface area contributed by atoms with Crippen molar-refractivity contribution in [3.05, 3.63) is 12.2 Å². The van der Waals surface area contributed by atoms with Gasteiger partial charge in [0.1, 0.15) is 0 Å². The molecule has 0 amide bonds. The topological polar surface area (TPSA) is 37.3 Å². The molecular weight excluding hydrogens is 236 g/mol. The van der Waals surface area contributed by atoms with Gasteiger partial charge in [-0.3, -0.25) is 4.79 Å². The van der Waals surface area contributed by atoms with Gasteiger partial charge in [-0.05, 0) is 68.3 Å². The molecule has 1 N–H and O–H groups in total. The Bertz CT molecular complexity index is 383. The van der Waals surface area contributed by atoms with Crippen LogP contribution in [0.3, 0.4) is 0 Å². The quantitative estimate of drug-likeness (QED) is 0.787. The summed E-state index contributed by atoms with van der Waals surface area (Å²) in [5.74, 6) is 1.84. The molecule has 3 fully saturated rings. The molecule has 0 aromatic carbocycles.